The highest BCUT2D eigenvalue weighted by Crippen LogP contribution is 2.37. The number of methoxy groups -OCH3 is 1. The number of amides is 2. The Hall–Kier alpha value is -1.63. The third-order valence-corrected chi connectivity index (χ3v) is 3.10. The monoisotopic (exact) mass is 287 g/mol. The van der Waals surface area contributed by atoms with Gasteiger partial charge in [-0.2, -0.15) is 0 Å². The third kappa shape index (κ3) is 3.09. The fraction of sp³-hybridized carbons (Fsp3) is 0.769. The topological polar surface area (TPSA) is 93.1 Å². The number of aliphatic hydroxyl groups excluding tert-OH is 1. The van der Waals surface area contributed by atoms with Gasteiger partial charge in [-0.25, -0.2) is 14.5 Å². The molecule has 0 bridgehead atoms. The summed E-state index contributed by atoms with van der Waals surface area (Å²) in [5.74, 6) is -1.34. The number of aliphatic hydroxyl groups is 1. The fourth-order valence-electron chi connectivity index (χ4n) is 2.02. The van der Waals surface area contributed by atoms with E-state index in [0.29, 0.717) is 0 Å². The molecular formula is C13H21NO6. The van der Waals surface area contributed by atoms with Gasteiger partial charge in [-0.3, -0.25) is 4.79 Å². The van der Waals surface area contributed by atoms with Gasteiger partial charge in [0.15, 0.2) is 0 Å². The maximum absolute atomic E-state index is 12.3. The fourth-order valence-corrected chi connectivity index (χ4v) is 2.02. The Morgan fingerprint density at radius 2 is 2.00 bits per heavy atom. The van der Waals surface area contributed by atoms with Gasteiger partial charge in [0.05, 0.1) is 19.1 Å². The maximum Gasteiger partial charge on any atom is 0.417 e. The van der Waals surface area contributed by atoms with Crippen LogP contribution >= 0.6 is 0 Å². The van der Waals surface area contributed by atoms with Crippen LogP contribution in [0.25, 0.3) is 0 Å². The predicted molar refractivity (Wildman–Crippen MR) is 68.7 cm³/mol. The van der Waals surface area contributed by atoms with Crippen molar-refractivity contribution < 1.29 is 29.0 Å². The van der Waals surface area contributed by atoms with Gasteiger partial charge < -0.3 is 14.6 Å². The molecule has 1 aliphatic rings. The first-order valence-electron chi connectivity index (χ1n) is 6.31. The van der Waals surface area contributed by atoms with Crippen molar-refractivity contribution in [2.24, 2.45) is 5.41 Å². The van der Waals surface area contributed by atoms with Crippen LogP contribution in [0.1, 0.15) is 34.1 Å². The zero-order valence-corrected chi connectivity index (χ0v) is 12.4. The molecule has 2 amide bonds. The van der Waals surface area contributed by atoms with Crippen LogP contribution in [-0.2, 0) is 19.1 Å². The number of hydrogen-bond acceptors (Lipinski definition) is 6. The molecule has 114 valence electrons. The molecule has 0 aliphatic carbocycles. The lowest BCUT2D eigenvalue weighted by molar-refractivity contribution is -0.149. The SMILES string of the molecule is COC(=O)[C@@H]1C[C@@](C)(CO)C(=O)N1C(=O)OC(C)(C)C. The van der Waals surface area contributed by atoms with E-state index in [1.165, 1.54) is 14.0 Å². The summed E-state index contributed by atoms with van der Waals surface area (Å²) in [5, 5.41) is 9.35. The molecule has 0 aromatic carbocycles. The molecule has 1 heterocycles. The summed E-state index contributed by atoms with van der Waals surface area (Å²) < 4.78 is 9.74. The average Bonchev–Trinajstić information content (AvgIpc) is 2.60. The first kappa shape index (κ1) is 16.4. The second-order valence-electron chi connectivity index (χ2n) is 6.12. The van der Waals surface area contributed by atoms with Crippen LogP contribution < -0.4 is 0 Å². The van der Waals surface area contributed by atoms with E-state index in [4.69, 9.17) is 4.74 Å². The maximum atomic E-state index is 12.3. The van der Waals surface area contributed by atoms with E-state index in [2.05, 4.69) is 4.74 Å². The summed E-state index contributed by atoms with van der Waals surface area (Å²) in [6.07, 6.45) is -0.899. The van der Waals surface area contributed by atoms with E-state index in [-0.39, 0.29) is 6.42 Å². The van der Waals surface area contributed by atoms with E-state index in [1.807, 2.05) is 0 Å². The lowest BCUT2D eigenvalue weighted by Crippen LogP contribution is -2.47. The Labute approximate surface area is 117 Å². The van der Waals surface area contributed by atoms with Gasteiger partial charge in [0.1, 0.15) is 11.6 Å². The molecule has 2 atom stereocenters. The number of carbonyl (C=O) groups excluding carboxylic acids is 3. The predicted octanol–water partition coefficient (Wildman–Crippen LogP) is 0.694. The second-order valence-corrected chi connectivity index (χ2v) is 6.12. The number of rotatable bonds is 2. The van der Waals surface area contributed by atoms with Crippen molar-refractivity contribution in [3.63, 3.8) is 0 Å². The van der Waals surface area contributed by atoms with Crippen molar-refractivity contribution in [2.75, 3.05) is 13.7 Å². The average molecular weight is 287 g/mol. The summed E-state index contributed by atoms with van der Waals surface area (Å²) in [7, 11) is 1.18. The summed E-state index contributed by atoms with van der Waals surface area (Å²) in [6.45, 7) is 6.01. The van der Waals surface area contributed by atoms with Gasteiger partial charge >= 0.3 is 12.1 Å². The first-order valence-corrected chi connectivity index (χ1v) is 6.31. The molecule has 0 aromatic heterocycles. The first-order chi connectivity index (χ1) is 9.05. The molecule has 1 fully saturated rings. The number of esters is 1. The van der Waals surface area contributed by atoms with Crippen LogP contribution in [0, 0.1) is 5.41 Å². The van der Waals surface area contributed by atoms with Crippen molar-refractivity contribution in [2.45, 2.75) is 45.8 Å². The summed E-state index contributed by atoms with van der Waals surface area (Å²) in [6, 6.07) is -1.07. The number of carbonyl (C=O) groups is 3. The molecule has 1 N–H and O–H groups in total. The number of nitrogens with zero attached hydrogens (tertiary/aromatic N) is 1. The molecule has 0 spiro atoms. The van der Waals surface area contributed by atoms with Crippen molar-refractivity contribution in [3.05, 3.63) is 0 Å². The van der Waals surface area contributed by atoms with Crippen LogP contribution in [0.3, 0.4) is 0 Å². The summed E-state index contributed by atoms with van der Waals surface area (Å²) >= 11 is 0. The van der Waals surface area contributed by atoms with Crippen LogP contribution in [0.4, 0.5) is 4.79 Å². The molecule has 0 aromatic rings. The number of hydrogen-bond donors (Lipinski definition) is 1. The molecule has 7 nitrogen and oxygen atoms in total. The van der Waals surface area contributed by atoms with Gasteiger partial charge in [0, 0.05) is 0 Å². The zero-order chi connectivity index (χ0) is 15.7. The highest BCUT2D eigenvalue weighted by atomic mass is 16.6. The second kappa shape index (κ2) is 5.40. The van der Waals surface area contributed by atoms with Gasteiger partial charge in [-0.05, 0) is 34.1 Å². The Kier molecular flexibility index (Phi) is 4.43. The summed E-state index contributed by atoms with van der Waals surface area (Å²) in [4.78, 5) is 36.9. The normalized spacial score (nSPS) is 26.6. The largest absolute Gasteiger partial charge is 0.467 e. The minimum atomic E-state index is -1.18. The van der Waals surface area contributed by atoms with Gasteiger partial charge in [-0.15, -0.1) is 0 Å². The van der Waals surface area contributed by atoms with Gasteiger partial charge in [0.2, 0.25) is 5.91 Å². The van der Waals surface area contributed by atoms with Crippen LogP contribution in [-0.4, -0.2) is 53.3 Å². The minimum Gasteiger partial charge on any atom is -0.467 e. The van der Waals surface area contributed by atoms with E-state index < -0.39 is 41.6 Å². The van der Waals surface area contributed by atoms with Crippen LogP contribution in [0.2, 0.25) is 0 Å². The Morgan fingerprint density at radius 3 is 2.40 bits per heavy atom. The van der Waals surface area contributed by atoms with E-state index in [9.17, 15) is 19.5 Å². The van der Waals surface area contributed by atoms with E-state index >= 15 is 0 Å². The molecule has 0 saturated carbocycles. The van der Waals surface area contributed by atoms with E-state index in [1.54, 1.807) is 20.8 Å². The highest BCUT2D eigenvalue weighted by Gasteiger charge is 2.55. The number of likely N-dealkylation sites (tertiary alicyclic amines) is 1. The van der Waals surface area contributed by atoms with Gasteiger partial charge in [0.25, 0.3) is 0 Å². The van der Waals surface area contributed by atoms with Crippen molar-refractivity contribution >= 4 is 18.0 Å². The molecule has 1 saturated heterocycles. The Balaban J connectivity index is 3.08. The van der Waals surface area contributed by atoms with Crippen LogP contribution in [0.5, 0.6) is 0 Å². The quantitative estimate of drug-likeness (QED) is 0.751. The lowest BCUT2D eigenvalue weighted by Gasteiger charge is -2.26. The summed E-state index contributed by atoms with van der Waals surface area (Å²) in [5.41, 5.74) is -1.98. The molecule has 7 heteroatoms. The highest BCUT2D eigenvalue weighted by molar-refractivity contribution is 6.02. The number of imide groups is 1. The molecule has 0 unspecified atom stereocenters. The van der Waals surface area contributed by atoms with Crippen molar-refractivity contribution in [1.29, 1.82) is 0 Å². The molecular weight excluding hydrogens is 266 g/mol. The van der Waals surface area contributed by atoms with Gasteiger partial charge in [-0.1, -0.05) is 0 Å². The zero-order valence-electron chi connectivity index (χ0n) is 12.4. The lowest BCUT2D eigenvalue weighted by atomic mass is 9.88. The minimum absolute atomic E-state index is 0.00818. The smallest absolute Gasteiger partial charge is 0.417 e. The number of ether oxygens (including phenoxy) is 2. The van der Waals surface area contributed by atoms with Crippen LogP contribution in [0.15, 0.2) is 0 Å². The van der Waals surface area contributed by atoms with Crippen molar-refractivity contribution in [1.82, 2.24) is 4.90 Å². The van der Waals surface area contributed by atoms with E-state index in [0.717, 1.165) is 4.90 Å². The Bertz CT molecular complexity index is 427. The molecule has 1 aliphatic heterocycles. The molecule has 20 heavy (non-hydrogen) atoms. The van der Waals surface area contributed by atoms with Crippen molar-refractivity contribution in [3.8, 4) is 0 Å². The third-order valence-electron chi connectivity index (χ3n) is 3.10. The standard InChI is InChI=1S/C13H21NO6/c1-12(2,3)20-11(18)14-8(9(16)19-5)6-13(4,7-15)10(14)17/h8,15H,6-7H2,1-5H3/t8-,13-/m0/s1. The Morgan fingerprint density at radius 1 is 1.45 bits per heavy atom. The molecule has 0 radical (unpaired) electrons. The molecule has 1 rings (SSSR count).